The molecular weight excluding hydrogens is 226 g/mol. The van der Waals surface area contributed by atoms with E-state index in [0.717, 1.165) is 5.56 Å². The van der Waals surface area contributed by atoms with Gasteiger partial charge in [-0.1, -0.05) is 0 Å². The van der Waals surface area contributed by atoms with Gasteiger partial charge < -0.3 is 5.32 Å². The van der Waals surface area contributed by atoms with Gasteiger partial charge in [0.25, 0.3) is 5.91 Å². The van der Waals surface area contributed by atoms with Crippen molar-refractivity contribution in [2.24, 2.45) is 0 Å². The largest absolute Gasteiger partial charge is 0.347 e. The third-order valence-electron chi connectivity index (χ3n) is 2.16. The molecule has 0 aromatic carbocycles. The SMILES string of the molecule is Cc1ccsc1CNC(=O)c1ccsc1. The van der Waals surface area contributed by atoms with Crippen molar-refractivity contribution >= 4 is 28.6 Å². The predicted octanol–water partition coefficient (Wildman–Crippen LogP) is 3.05. The molecule has 0 bridgehead atoms. The Labute approximate surface area is 96.6 Å². The predicted molar refractivity (Wildman–Crippen MR) is 64.5 cm³/mol. The number of aryl methyl sites for hydroxylation is 1. The molecule has 0 spiro atoms. The van der Waals surface area contributed by atoms with Crippen molar-refractivity contribution in [1.29, 1.82) is 0 Å². The van der Waals surface area contributed by atoms with Crippen LogP contribution in [0.3, 0.4) is 0 Å². The van der Waals surface area contributed by atoms with Gasteiger partial charge in [-0.15, -0.1) is 11.3 Å². The fourth-order valence-corrected chi connectivity index (χ4v) is 2.72. The molecule has 2 aromatic heterocycles. The van der Waals surface area contributed by atoms with E-state index >= 15 is 0 Å². The van der Waals surface area contributed by atoms with Crippen LogP contribution in [-0.4, -0.2) is 5.91 Å². The first-order chi connectivity index (χ1) is 7.27. The van der Waals surface area contributed by atoms with Crippen LogP contribution in [0.15, 0.2) is 28.3 Å². The lowest BCUT2D eigenvalue weighted by atomic mass is 10.3. The molecule has 2 heterocycles. The maximum Gasteiger partial charge on any atom is 0.252 e. The van der Waals surface area contributed by atoms with Crippen LogP contribution in [0.4, 0.5) is 0 Å². The van der Waals surface area contributed by atoms with Gasteiger partial charge in [0.05, 0.1) is 6.54 Å². The Balaban J connectivity index is 1.95. The molecule has 0 atom stereocenters. The molecular formula is C11H11NOS2. The van der Waals surface area contributed by atoms with Gasteiger partial charge in [0.15, 0.2) is 0 Å². The Kier molecular flexibility index (Phi) is 3.18. The summed E-state index contributed by atoms with van der Waals surface area (Å²) in [5, 5.41) is 8.72. The number of thiophene rings is 2. The minimum atomic E-state index is 0.00375. The fraction of sp³-hybridized carbons (Fsp3) is 0.182. The van der Waals surface area contributed by atoms with Crippen molar-refractivity contribution in [2.75, 3.05) is 0 Å². The topological polar surface area (TPSA) is 29.1 Å². The molecule has 78 valence electrons. The van der Waals surface area contributed by atoms with Gasteiger partial charge in [-0.05, 0) is 35.4 Å². The van der Waals surface area contributed by atoms with Gasteiger partial charge in [-0.3, -0.25) is 4.79 Å². The van der Waals surface area contributed by atoms with Gasteiger partial charge in [-0.25, -0.2) is 0 Å². The van der Waals surface area contributed by atoms with Crippen molar-refractivity contribution < 1.29 is 4.79 Å². The average Bonchev–Trinajstić information content (AvgIpc) is 2.85. The maximum atomic E-state index is 11.6. The lowest BCUT2D eigenvalue weighted by Crippen LogP contribution is -2.21. The molecule has 2 nitrogen and oxygen atoms in total. The molecule has 2 aromatic rings. The monoisotopic (exact) mass is 237 g/mol. The zero-order chi connectivity index (χ0) is 10.7. The number of nitrogens with one attached hydrogen (secondary N) is 1. The Bertz CT molecular complexity index is 445. The molecule has 15 heavy (non-hydrogen) atoms. The molecule has 0 fully saturated rings. The highest BCUT2D eigenvalue weighted by atomic mass is 32.1. The normalized spacial score (nSPS) is 10.2. The highest BCUT2D eigenvalue weighted by molar-refractivity contribution is 7.10. The molecule has 0 radical (unpaired) electrons. The average molecular weight is 237 g/mol. The Morgan fingerprint density at radius 2 is 2.27 bits per heavy atom. The van der Waals surface area contributed by atoms with E-state index in [1.165, 1.54) is 21.8 Å². The molecule has 0 aliphatic heterocycles. The molecule has 0 saturated carbocycles. The molecule has 0 aliphatic carbocycles. The highest BCUT2D eigenvalue weighted by Crippen LogP contribution is 2.15. The van der Waals surface area contributed by atoms with Gasteiger partial charge in [0.1, 0.15) is 0 Å². The smallest absolute Gasteiger partial charge is 0.252 e. The van der Waals surface area contributed by atoms with Gasteiger partial charge >= 0.3 is 0 Å². The quantitative estimate of drug-likeness (QED) is 0.873. The van der Waals surface area contributed by atoms with E-state index in [2.05, 4.69) is 18.3 Å². The summed E-state index contributed by atoms with van der Waals surface area (Å²) in [5.74, 6) is 0.00375. The number of rotatable bonds is 3. The van der Waals surface area contributed by atoms with Crippen LogP contribution < -0.4 is 5.32 Å². The molecule has 1 amide bonds. The zero-order valence-electron chi connectivity index (χ0n) is 8.32. The first-order valence-electron chi connectivity index (χ1n) is 4.61. The van der Waals surface area contributed by atoms with Crippen LogP contribution in [0.1, 0.15) is 20.8 Å². The van der Waals surface area contributed by atoms with Crippen molar-refractivity contribution in [3.63, 3.8) is 0 Å². The maximum absolute atomic E-state index is 11.6. The summed E-state index contributed by atoms with van der Waals surface area (Å²) >= 11 is 3.21. The van der Waals surface area contributed by atoms with E-state index in [9.17, 15) is 4.79 Å². The summed E-state index contributed by atoms with van der Waals surface area (Å²) in [7, 11) is 0. The molecule has 4 heteroatoms. The van der Waals surface area contributed by atoms with E-state index in [1.54, 1.807) is 11.3 Å². The Morgan fingerprint density at radius 1 is 1.40 bits per heavy atom. The Hall–Kier alpha value is -1.13. The highest BCUT2D eigenvalue weighted by Gasteiger charge is 2.06. The van der Waals surface area contributed by atoms with Crippen LogP contribution in [0.2, 0.25) is 0 Å². The minimum absolute atomic E-state index is 0.00375. The summed E-state index contributed by atoms with van der Waals surface area (Å²) in [6.07, 6.45) is 0. The van der Waals surface area contributed by atoms with E-state index in [0.29, 0.717) is 6.54 Å². The number of hydrogen-bond acceptors (Lipinski definition) is 3. The standard InChI is InChI=1S/C11H11NOS2/c1-8-2-5-15-10(8)6-12-11(13)9-3-4-14-7-9/h2-5,7H,6H2,1H3,(H,12,13). The summed E-state index contributed by atoms with van der Waals surface area (Å²) in [6, 6.07) is 3.90. The van der Waals surface area contributed by atoms with Crippen LogP contribution in [0, 0.1) is 6.92 Å². The lowest BCUT2D eigenvalue weighted by Gasteiger charge is -2.02. The molecule has 0 unspecified atom stereocenters. The summed E-state index contributed by atoms with van der Waals surface area (Å²) in [5.41, 5.74) is 1.99. The second kappa shape index (κ2) is 4.59. The third kappa shape index (κ3) is 2.46. The zero-order valence-corrected chi connectivity index (χ0v) is 9.95. The summed E-state index contributed by atoms with van der Waals surface area (Å²) in [6.45, 7) is 2.68. The Morgan fingerprint density at radius 3 is 2.87 bits per heavy atom. The number of hydrogen-bond donors (Lipinski definition) is 1. The van der Waals surface area contributed by atoms with Crippen LogP contribution >= 0.6 is 22.7 Å². The third-order valence-corrected chi connectivity index (χ3v) is 3.87. The summed E-state index contributed by atoms with van der Waals surface area (Å²) in [4.78, 5) is 12.8. The van der Waals surface area contributed by atoms with Crippen molar-refractivity contribution in [3.8, 4) is 0 Å². The van der Waals surface area contributed by atoms with Gasteiger partial charge in [0.2, 0.25) is 0 Å². The molecule has 1 N–H and O–H groups in total. The van der Waals surface area contributed by atoms with Crippen molar-refractivity contribution in [1.82, 2.24) is 5.32 Å². The number of carbonyl (C=O) groups is 1. The van der Waals surface area contributed by atoms with E-state index in [-0.39, 0.29) is 5.91 Å². The van der Waals surface area contributed by atoms with E-state index in [4.69, 9.17) is 0 Å². The van der Waals surface area contributed by atoms with Crippen molar-refractivity contribution in [2.45, 2.75) is 13.5 Å². The summed E-state index contributed by atoms with van der Waals surface area (Å²) < 4.78 is 0. The van der Waals surface area contributed by atoms with Gasteiger partial charge in [0, 0.05) is 15.8 Å². The van der Waals surface area contributed by atoms with Crippen molar-refractivity contribution in [3.05, 3.63) is 44.3 Å². The first kappa shape index (κ1) is 10.4. The first-order valence-corrected chi connectivity index (χ1v) is 6.43. The van der Waals surface area contributed by atoms with Crippen LogP contribution in [0.5, 0.6) is 0 Å². The molecule has 2 rings (SSSR count). The fourth-order valence-electron chi connectivity index (χ4n) is 1.24. The number of carbonyl (C=O) groups excluding carboxylic acids is 1. The second-order valence-corrected chi connectivity index (χ2v) is 5.00. The van der Waals surface area contributed by atoms with E-state index in [1.807, 2.05) is 22.2 Å². The van der Waals surface area contributed by atoms with E-state index < -0.39 is 0 Å². The molecule has 0 saturated heterocycles. The lowest BCUT2D eigenvalue weighted by molar-refractivity contribution is 0.0952. The van der Waals surface area contributed by atoms with Crippen LogP contribution in [-0.2, 0) is 6.54 Å². The van der Waals surface area contributed by atoms with Gasteiger partial charge in [-0.2, -0.15) is 11.3 Å². The number of amides is 1. The van der Waals surface area contributed by atoms with Crippen LogP contribution in [0.25, 0.3) is 0 Å². The second-order valence-electron chi connectivity index (χ2n) is 3.22. The molecule has 0 aliphatic rings. The minimum Gasteiger partial charge on any atom is -0.347 e.